The maximum Gasteiger partial charge on any atom is 0.243 e. The number of hydrogen-bond acceptors (Lipinski definition) is 5. The number of piperazine rings is 1. The van der Waals surface area contributed by atoms with E-state index in [4.69, 9.17) is 4.98 Å². The second-order valence-corrected chi connectivity index (χ2v) is 12.8. The molecule has 1 N–H and O–H groups in total. The highest BCUT2D eigenvalue weighted by atomic mass is 19.1. The highest BCUT2D eigenvalue weighted by molar-refractivity contribution is 6.06. The number of anilines is 1. The van der Waals surface area contributed by atoms with Crippen molar-refractivity contribution in [2.45, 2.75) is 74.8 Å². The molecule has 0 bridgehead atoms. The Labute approximate surface area is 244 Å². The van der Waals surface area contributed by atoms with E-state index in [-0.39, 0.29) is 11.8 Å². The Bertz CT molecular complexity index is 1580. The average molecular weight is 572 g/mol. The number of amides is 2. The molecule has 42 heavy (non-hydrogen) atoms. The molecule has 1 saturated heterocycles. The van der Waals surface area contributed by atoms with Crippen molar-refractivity contribution in [2.24, 2.45) is 0 Å². The zero-order valence-corrected chi connectivity index (χ0v) is 24.1. The third kappa shape index (κ3) is 4.00. The number of rotatable bonds is 5. The quantitative estimate of drug-likeness (QED) is 0.481. The molecule has 2 aliphatic heterocycles. The van der Waals surface area contributed by atoms with E-state index >= 15 is 0 Å². The highest BCUT2D eigenvalue weighted by Gasteiger charge is 2.56. The van der Waals surface area contributed by atoms with Crippen molar-refractivity contribution in [2.75, 3.05) is 25.5 Å². The molecule has 1 aromatic carbocycles. The lowest BCUT2D eigenvalue weighted by molar-refractivity contribution is -0.163. The second kappa shape index (κ2) is 9.66. The molecule has 3 aromatic rings. The van der Waals surface area contributed by atoms with Gasteiger partial charge in [0.1, 0.15) is 23.0 Å². The van der Waals surface area contributed by atoms with Crippen molar-refractivity contribution in [3.05, 3.63) is 88.4 Å². The topological polar surface area (TPSA) is 78.4 Å². The fourth-order valence-electron chi connectivity index (χ4n) is 8.10. The van der Waals surface area contributed by atoms with E-state index < -0.39 is 28.1 Å². The fourth-order valence-corrected chi connectivity index (χ4v) is 8.10. The van der Waals surface area contributed by atoms with Crippen LogP contribution in [0.15, 0.2) is 48.8 Å². The molecule has 9 heteroatoms. The summed E-state index contributed by atoms with van der Waals surface area (Å²) in [4.78, 5) is 40.4. The van der Waals surface area contributed by atoms with Gasteiger partial charge in [0.2, 0.25) is 11.8 Å². The van der Waals surface area contributed by atoms with Crippen molar-refractivity contribution in [1.82, 2.24) is 19.8 Å². The molecule has 2 amide bonds. The number of pyridine rings is 2. The Morgan fingerprint density at radius 3 is 2.55 bits per heavy atom. The van der Waals surface area contributed by atoms with Crippen LogP contribution in [0, 0.1) is 11.6 Å². The van der Waals surface area contributed by atoms with Gasteiger partial charge in [-0.15, -0.1) is 0 Å². The Balaban J connectivity index is 1.12. The summed E-state index contributed by atoms with van der Waals surface area (Å²) in [6.07, 6.45) is 9.66. The lowest BCUT2D eigenvalue weighted by Crippen LogP contribution is -2.70. The standard InChI is InChI=1S/C33H35F2N5O2/c1-31(23-14-24(34)16-25(35)15-23)20-39(2)33(9-3-4-10-33)30(42)40(31)12-6-7-21-13-22-17-32(18-27(22)37-19-21)26-8-5-11-36-28(26)38-29(32)41/h5,8,11,13-16,19H,3-4,6-7,9-10,12,17-18,20H2,1-2H3,(H,36,38,41)/t31-,32-/m0/s1. The summed E-state index contributed by atoms with van der Waals surface area (Å²) in [6, 6.07) is 9.57. The lowest BCUT2D eigenvalue weighted by atomic mass is 9.79. The van der Waals surface area contributed by atoms with Crippen LogP contribution in [0.1, 0.15) is 67.0 Å². The molecule has 7 nitrogen and oxygen atoms in total. The number of aryl methyl sites for hydroxylation is 1. The first-order chi connectivity index (χ1) is 20.1. The van der Waals surface area contributed by atoms with Crippen LogP contribution in [-0.2, 0) is 39.8 Å². The van der Waals surface area contributed by atoms with Crippen LogP contribution < -0.4 is 5.32 Å². The number of aromatic nitrogens is 2. The number of nitrogens with one attached hydrogen (secondary N) is 1. The van der Waals surface area contributed by atoms with Gasteiger partial charge in [-0.2, -0.15) is 0 Å². The number of benzene rings is 1. The van der Waals surface area contributed by atoms with Gasteiger partial charge in [-0.3, -0.25) is 19.5 Å². The molecule has 4 heterocycles. The molecule has 0 unspecified atom stereocenters. The number of nitrogens with zero attached hydrogens (tertiary/aromatic N) is 4. The van der Waals surface area contributed by atoms with Gasteiger partial charge in [0.15, 0.2) is 0 Å². The predicted molar refractivity (Wildman–Crippen MR) is 154 cm³/mol. The van der Waals surface area contributed by atoms with Gasteiger partial charge in [-0.1, -0.05) is 25.0 Å². The van der Waals surface area contributed by atoms with Gasteiger partial charge in [0.25, 0.3) is 0 Å². The molecule has 2 aliphatic carbocycles. The molecule has 0 radical (unpaired) electrons. The summed E-state index contributed by atoms with van der Waals surface area (Å²) >= 11 is 0. The van der Waals surface area contributed by atoms with E-state index in [1.807, 2.05) is 37.2 Å². The molecule has 4 aliphatic rings. The number of carbonyl (C=O) groups excluding carboxylic acids is 2. The summed E-state index contributed by atoms with van der Waals surface area (Å²) in [5.41, 5.74) is 2.36. The largest absolute Gasteiger partial charge is 0.330 e. The molecule has 2 fully saturated rings. The maximum absolute atomic E-state index is 14.4. The van der Waals surface area contributed by atoms with Crippen LogP contribution in [0.25, 0.3) is 0 Å². The fraction of sp³-hybridized carbons (Fsp3) is 0.455. The van der Waals surface area contributed by atoms with Crippen molar-refractivity contribution < 1.29 is 18.4 Å². The van der Waals surface area contributed by atoms with Crippen LogP contribution in [0.5, 0.6) is 0 Å². The normalized spacial score (nSPS) is 26.2. The molecular formula is C33H35F2N5O2. The van der Waals surface area contributed by atoms with Crippen LogP contribution in [0.4, 0.5) is 14.6 Å². The van der Waals surface area contributed by atoms with Crippen LogP contribution >= 0.6 is 0 Å². The first-order valence-electron chi connectivity index (χ1n) is 14.9. The number of hydrogen-bond donors (Lipinski definition) is 1. The van der Waals surface area contributed by atoms with E-state index in [9.17, 15) is 18.4 Å². The zero-order chi connectivity index (χ0) is 29.3. The summed E-state index contributed by atoms with van der Waals surface area (Å²) in [6.45, 7) is 2.89. The van der Waals surface area contributed by atoms with Crippen LogP contribution in [-0.4, -0.2) is 57.3 Å². The molecule has 2 spiro atoms. The molecule has 2 atom stereocenters. The van der Waals surface area contributed by atoms with E-state index in [0.29, 0.717) is 50.2 Å². The first kappa shape index (κ1) is 27.1. The van der Waals surface area contributed by atoms with Gasteiger partial charge < -0.3 is 10.2 Å². The molecule has 1 saturated carbocycles. The Kier molecular flexibility index (Phi) is 6.24. The molecule has 7 rings (SSSR count). The van der Waals surface area contributed by atoms with E-state index in [0.717, 1.165) is 54.1 Å². The minimum Gasteiger partial charge on any atom is -0.330 e. The smallest absolute Gasteiger partial charge is 0.243 e. The van der Waals surface area contributed by atoms with Gasteiger partial charge in [0.05, 0.1) is 11.0 Å². The van der Waals surface area contributed by atoms with Crippen molar-refractivity contribution in [3.8, 4) is 0 Å². The summed E-state index contributed by atoms with van der Waals surface area (Å²) in [5, 5.41) is 2.94. The van der Waals surface area contributed by atoms with Crippen molar-refractivity contribution >= 4 is 17.6 Å². The zero-order valence-electron chi connectivity index (χ0n) is 24.1. The average Bonchev–Trinajstić information content (AvgIpc) is 3.66. The van der Waals surface area contributed by atoms with Gasteiger partial charge in [0, 0.05) is 49.2 Å². The molecule has 2 aromatic heterocycles. The van der Waals surface area contributed by atoms with E-state index in [1.165, 1.54) is 12.1 Å². The SMILES string of the molecule is CN1C[C@@](C)(c2cc(F)cc(F)c2)N(CCCc2cnc3c(c2)C[C@@]2(C3)C(=O)Nc3ncccc32)C(=O)C12CCCC2. The minimum absolute atomic E-state index is 0.0294. The van der Waals surface area contributed by atoms with Crippen molar-refractivity contribution in [1.29, 1.82) is 0 Å². The van der Waals surface area contributed by atoms with Crippen molar-refractivity contribution in [3.63, 3.8) is 0 Å². The molecular weight excluding hydrogens is 536 g/mol. The van der Waals surface area contributed by atoms with Gasteiger partial charge in [-0.25, -0.2) is 13.8 Å². The molecule has 218 valence electrons. The van der Waals surface area contributed by atoms with Gasteiger partial charge in [-0.05, 0) is 81.0 Å². The predicted octanol–water partition coefficient (Wildman–Crippen LogP) is 4.68. The van der Waals surface area contributed by atoms with E-state index in [2.05, 4.69) is 21.3 Å². The lowest BCUT2D eigenvalue weighted by Gasteiger charge is -2.56. The third-order valence-corrected chi connectivity index (χ3v) is 10.3. The monoisotopic (exact) mass is 571 g/mol. The second-order valence-electron chi connectivity index (χ2n) is 12.8. The summed E-state index contributed by atoms with van der Waals surface area (Å²) in [7, 11) is 1.97. The van der Waals surface area contributed by atoms with Crippen LogP contribution in [0.2, 0.25) is 0 Å². The number of fused-ring (bicyclic) bond motifs is 3. The number of likely N-dealkylation sites (N-methyl/N-ethyl adjacent to an activating group) is 1. The van der Waals surface area contributed by atoms with Gasteiger partial charge >= 0.3 is 0 Å². The Morgan fingerprint density at radius 2 is 1.79 bits per heavy atom. The Morgan fingerprint density at radius 1 is 1.02 bits per heavy atom. The highest BCUT2D eigenvalue weighted by Crippen LogP contribution is 2.47. The number of carbonyl (C=O) groups is 2. The first-order valence-corrected chi connectivity index (χ1v) is 14.9. The minimum atomic E-state index is -0.873. The third-order valence-electron chi connectivity index (χ3n) is 10.3. The Hall–Kier alpha value is -3.72. The number of halogens is 2. The maximum atomic E-state index is 14.4. The van der Waals surface area contributed by atoms with E-state index in [1.54, 1.807) is 6.20 Å². The summed E-state index contributed by atoms with van der Waals surface area (Å²) in [5.74, 6) is -0.626. The van der Waals surface area contributed by atoms with Crippen LogP contribution in [0.3, 0.4) is 0 Å². The summed E-state index contributed by atoms with van der Waals surface area (Å²) < 4.78 is 28.7.